The number of methoxy groups -OCH3 is 2. The second-order valence-corrected chi connectivity index (χ2v) is 5.54. The molecule has 2 unspecified atom stereocenters. The van der Waals surface area contributed by atoms with Crippen LogP contribution in [0.1, 0.15) is 26.2 Å². The fourth-order valence-electron chi connectivity index (χ4n) is 2.88. The second-order valence-electron chi connectivity index (χ2n) is 5.54. The van der Waals surface area contributed by atoms with Crippen molar-refractivity contribution in [2.45, 2.75) is 32.2 Å². The van der Waals surface area contributed by atoms with Gasteiger partial charge in [0.2, 0.25) is 0 Å². The van der Waals surface area contributed by atoms with Gasteiger partial charge in [-0.1, -0.05) is 6.92 Å². The summed E-state index contributed by atoms with van der Waals surface area (Å²) in [6.45, 7) is 4.34. The number of ether oxygens (including phenoxy) is 2. The first-order valence-electron chi connectivity index (χ1n) is 7.40. The van der Waals surface area contributed by atoms with Gasteiger partial charge in [0.1, 0.15) is 0 Å². The fraction of sp³-hybridized carbons (Fsp3) is 0.625. The fourth-order valence-corrected chi connectivity index (χ4v) is 2.88. The van der Waals surface area contributed by atoms with Crippen LogP contribution >= 0.6 is 0 Å². The SMILES string of the molecule is CCC(N)CC1CCN(c2ccc(OC)c(OC)c2)C1. The Labute approximate surface area is 121 Å². The lowest BCUT2D eigenvalue weighted by Gasteiger charge is -2.21. The monoisotopic (exact) mass is 278 g/mol. The van der Waals surface area contributed by atoms with Gasteiger partial charge in [-0.25, -0.2) is 0 Å². The molecule has 1 aliphatic rings. The molecule has 4 heteroatoms. The van der Waals surface area contributed by atoms with Crippen LogP contribution in [0.4, 0.5) is 5.69 Å². The lowest BCUT2D eigenvalue weighted by atomic mass is 9.98. The third-order valence-corrected chi connectivity index (χ3v) is 4.18. The molecule has 1 heterocycles. The maximum atomic E-state index is 6.07. The largest absolute Gasteiger partial charge is 0.493 e. The predicted molar refractivity (Wildman–Crippen MR) is 82.7 cm³/mol. The van der Waals surface area contributed by atoms with Crippen molar-refractivity contribution in [3.05, 3.63) is 18.2 Å². The molecule has 4 nitrogen and oxygen atoms in total. The van der Waals surface area contributed by atoms with E-state index in [1.54, 1.807) is 14.2 Å². The summed E-state index contributed by atoms with van der Waals surface area (Å²) < 4.78 is 10.7. The van der Waals surface area contributed by atoms with Crippen molar-refractivity contribution < 1.29 is 9.47 Å². The molecule has 0 radical (unpaired) electrons. The van der Waals surface area contributed by atoms with Crippen LogP contribution in [0.15, 0.2) is 18.2 Å². The van der Waals surface area contributed by atoms with E-state index in [0.717, 1.165) is 37.4 Å². The Hall–Kier alpha value is -1.42. The molecule has 1 saturated heterocycles. The van der Waals surface area contributed by atoms with E-state index >= 15 is 0 Å². The summed E-state index contributed by atoms with van der Waals surface area (Å²) in [5.74, 6) is 2.27. The van der Waals surface area contributed by atoms with E-state index < -0.39 is 0 Å². The van der Waals surface area contributed by atoms with Crippen LogP contribution in [-0.2, 0) is 0 Å². The van der Waals surface area contributed by atoms with Crippen molar-refractivity contribution in [3.63, 3.8) is 0 Å². The van der Waals surface area contributed by atoms with Gasteiger partial charge in [-0.2, -0.15) is 0 Å². The highest BCUT2D eigenvalue weighted by Gasteiger charge is 2.24. The van der Waals surface area contributed by atoms with Gasteiger partial charge in [0.25, 0.3) is 0 Å². The first-order chi connectivity index (χ1) is 9.67. The minimum Gasteiger partial charge on any atom is -0.493 e. The molecule has 112 valence electrons. The van der Waals surface area contributed by atoms with Crippen LogP contribution in [0.5, 0.6) is 11.5 Å². The first kappa shape index (κ1) is 15.0. The van der Waals surface area contributed by atoms with Gasteiger partial charge >= 0.3 is 0 Å². The number of hydrogen-bond donors (Lipinski definition) is 1. The van der Waals surface area contributed by atoms with E-state index in [2.05, 4.69) is 24.0 Å². The van der Waals surface area contributed by atoms with E-state index in [9.17, 15) is 0 Å². The summed E-state index contributed by atoms with van der Waals surface area (Å²) in [5.41, 5.74) is 7.27. The van der Waals surface area contributed by atoms with Gasteiger partial charge in [0, 0.05) is 30.9 Å². The molecule has 0 spiro atoms. The lowest BCUT2D eigenvalue weighted by Crippen LogP contribution is -2.25. The molecule has 1 aromatic carbocycles. The van der Waals surface area contributed by atoms with Gasteiger partial charge in [0.15, 0.2) is 11.5 Å². The zero-order valence-electron chi connectivity index (χ0n) is 12.8. The standard InChI is InChI=1S/C16H26N2O2/c1-4-13(17)9-12-7-8-18(11-12)14-5-6-15(19-2)16(10-14)20-3/h5-6,10,12-13H,4,7-9,11,17H2,1-3H3. The van der Waals surface area contributed by atoms with Gasteiger partial charge in [-0.3, -0.25) is 0 Å². The van der Waals surface area contributed by atoms with E-state index in [-0.39, 0.29) is 0 Å². The Morgan fingerprint density at radius 1 is 1.30 bits per heavy atom. The zero-order valence-corrected chi connectivity index (χ0v) is 12.8. The predicted octanol–water partition coefficient (Wildman–Crippen LogP) is 2.66. The summed E-state index contributed by atoms with van der Waals surface area (Å²) in [4.78, 5) is 2.41. The maximum absolute atomic E-state index is 6.07. The van der Waals surface area contributed by atoms with E-state index in [1.807, 2.05) is 6.07 Å². The van der Waals surface area contributed by atoms with Gasteiger partial charge in [-0.15, -0.1) is 0 Å². The van der Waals surface area contributed by atoms with E-state index in [4.69, 9.17) is 15.2 Å². The minimum atomic E-state index is 0.338. The Kier molecular flexibility index (Phi) is 5.12. The Morgan fingerprint density at radius 3 is 2.70 bits per heavy atom. The number of anilines is 1. The Bertz CT molecular complexity index is 436. The highest BCUT2D eigenvalue weighted by atomic mass is 16.5. The summed E-state index contributed by atoms with van der Waals surface area (Å²) >= 11 is 0. The lowest BCUT2D eigenvalue weighted by molar-refractivity contribution is 0.355. The molecule has 1 aliphatic heterocycles. The molecule has 0 saturated carbocycles. The summed E-state index contributed by atoms with van der Waals surface area (Å²) in [6.07, 6.45) is 3.41. The van der Waals surface area contributed by atoms with Crippen molar-refractivity contribution in [2.24, 2.45) is 11.7 Å². The number of rotatable bonds is 6. The van der Waals surface area contributed by atoms with E-state index in [0.29, 0.717) is 12.0 Å². The second kappa shape index (κ2) is 6.84. The van der Waals surface area contributed by atoms with Crippen molar-refractivity contribution in [1.82, 2.24) is 0 Å². The summed E-state index contributed by atoms with van der Waals surface area (Å²) in [7, 11) is 3.34. The third kappa shape index (κ3) is 3.37. The average Bonchev–Trinajstić information content (AvgIpc) is 2.94. The normalized spacial score (nSPS) is 20.0. The van der Waals surface area contributed by atoms with Crippen LogP contribution in [0, 0.1) is 5.92 Å². The van der Waals surface area contributed by atoms with Crippen molar-refractivity contribution in [3.8, 4) is 11.5 Å². The number of nitrogens with zero attached hydrogens (tertiary/aromatic N) is 1. The maximum Gasteiger partial charge on any atom is 0.162 e. The molecule has 2 N–H and O–H groups in total. The summed E-state index contributed by atoms with van der Waals surface area (Å²) in [5, 5.41) is 0. The number of benzene rings is 1. The van der Waals surface area contributed by atoms with Crippen molar-refractivity contribution in [2.75, 3.05) is 32.2 Å². The smallest absolute Gasteiger partial charge is 0.162 e. The van der Waals surface area contributed by atoms with Gasteiger partial charge in [0.05, 0.1) is 14.2 Å². The number of hydrogen-bond acceptors (Lipinski definition) is 4. The van der Waals surface area contributed by atoms with Crippen LogP contribution in [0.3, 0.4) is 0 Å². The molecule has 2 atom stereocenters. The van der Waals surface area contributed by atoms with Crippen molar-refractivity contribution in [1.29, 1.82) is 0 Å². The van der Waals surface area contributed by atoms with Crippen LogP contribution in [0.2, 0.25) is 0 Å². The molecule has 1 fully saturated rings. The van der Waals surface area contributed by atoms with Crippen LogP contribution in [0.25, 0.3) is 0 Å². The molecular weight excluding hydrogens is 252 g/mol. The number of nitrogens with two attached hydrogens (primary N) is 1. The molecule has 0 amide bonds. The molecule has 1 aromatic rings. The van der Waals surface area contributed by atoms with Crippen LogP contribution < -0.4 is 20.1 Å². The highest BCUT2D eigenvalue weighted by Crippen LogP contribution is 2.34. The van der Waals surface area contributed by atoms with Gasteiger partial charge in [-0.05, 0) is 37.3 Å². The molecule has 20 heavy (non-hydrogen) atoms. The van der Waals surface area contributed by atoms with Crippen molar-refractivity contribution >= 4 is 5.69 Å². The highest BCUT2D eigenvalue weighted by molar-refractivity contribution is 5.56. The van der Waals surface area contributed by atoms with E-state index in [1.165, 1.54) is 12.1 Å². The first-order valence-corrected chi connectivity index (χ1v) is 7.40. The zero-order chi connectivity index (χ0) is 14.5. The molecule has 2 rings (SSSR count). The van der Waals surface area contributed by atoms with Crippen LogP contribution in [-0.4, -0.2) is 33.4 Å². The summed E-state index contributed by atoms with van der Waals surface area (Å²) in [6, 6.07) is 6.47. The molecule has 0 bridgehead atoms. The molecule has 0 aromatic heterocycles. The third-order valence-electron chi connectivity index (χ3n) is 4.18. The average molecular weight is 278 g/mol. The Balaban J connectivity index is 2.02. The molecule has 0 aliphatic carbocycles. The minimum absolute atomic E-state index is 0.338. The topological polar surface area (TPSA) is 47.7 Å². The Morgan fingerprint density at radius 2 is 2.05 bits per heavy atom. The van der Waals surface area contributed by atoms with Gasteiger partial charge < -0.3 is 20.1 Å². The molecular formula is C16H26N2O2. The quantitative estimate of drug-likeness (QED) is 0.869.